The fourth-order valence-corrected chi connectivity index (χ4v) is 2.24. The third-order valence-electron chi connectivity index (χ3n) is 3.92. The molecule has 0 aliphatic carbocycles. The molecule has 0 heterocycles. The Bertz CT molecular complexity index is 653. The summed E-state index contributed by atoms with van der Waals surface area (Å²) in [5.41, 5.74) is 1.34. The van der Waals surface area contributed by atoms with Gasteiger partial charge in [-0.25, -0.2) is 13.2 Å². The zero-order valence-electron chi connectivity index (χ0n) is 14.6. The lowest BCUT2D eigenvalue weighted by Gasteiger charge is -2.15. The Balaban J connectivity index is 2.58. The van der Waals surface area contributed by atoms with Crippen molar-refractivity contribution in [1.29, 1.82) is 0 Å². The predicted molar refractivity (Wildman–Crippen MR) is 96.1 cm³/mol. The lowest BCUT2D eigenvalue weighted by molar-refractivity contribution is 0.501. The van der Waals surface area contributed by atoms with Gasteiger partial charge in [-0.3, -0.25) is 0 Å². The minimum atomic E-state index is -0.852. The number of benzene rings is 1. The maximum Gasteiger partial charge on any atom is 0.166 e. The van der Waals surface area contributed by atoms with Crippen LogP contribution in [0.3, 0.4) is 0 Å². The lowest BCUT2D eigenvalue weighted by Crippen LogP contribution is -2.02. The number of hydrogen-bond acceptors (Lipinski definition) is 0. The fourth-order valence-electron chi connectivity index (χ4n) is 2.24. The smallest absolute Gasteiger partial charge is 0.166 e. The van der Waals surface area contributed by atoms with Gasteiger partial charge in [0, 0.05) is 5.56 Å². The number of allylic oxidation sites excluding steroid dienone is 5. The van der Waals surface area contributed by atoms with Gasteiger partial charge in [-0.2, -0.15) is 0 Å². The summed E-state index contributed by atoms with van der Waals surface area (Å²) in [7, 11) is 0. The van der Waals surface area contributed by atoms with Gasteiger partial charge in [0.05, 0.1) is 0 Å². The average molecular weight is 334 g/mol. The minimum Gasteiger partial charge on any atom is -0.207 e. The van der Waals surface area contributed by atoms with Crippen LogP contribution >= 0.6 is 0 Å². The Kier molecular flexibility index (Phi) is 7.76. The molecular formula is C21H25F3. The van der Waals surface area contributed by atoms with Gasteiger partial charge in [-0.05, 0) is 49.3 Å². The monoisotopic (exact) mass is 334 g/mol. The van der Waals surface area contributed by atoms with E-state index in [1.807, 2.05) is 19.9 Å². The number of hydrogen-bond donors (Lipinski definition) is 0. The van der Waals surface area contributed by atoms with Crippen LogP contribution in [0.4, 0.5) is 13.2 Å². The lowest BCUT2D eigenvalue weighted by atomic mass is 9.91. The van der Waals surface area contributed by atoms with Crippen LogP contribution in [0.15, 0.2) is 60.5 Å². The molecule has 130 valence electrons. The molecule has 0 bridgehead atoms. The Morgan fingerprint density at radius 2 is 1.83 bits per heavy atom. The molecule has 0 radical (unpaired) electrons. The maximum absolute atomic E-state index is 13.9. The van der Waals surface area contributed by atoms with Gasteiger partial charge in [0.2, 0.25) is 0 Å². The molecule has 0 nitrogen and oxygen atoms in total. The molecule has 0 saturated heterocycles. The van der Waals surface area contributed by atoms with Crippen LogP contribution in [0.2, 0.25) is 0 Å². The van der Waals surface area contributed by atoms with E-state index in [-0.39, 0.29) is 23.2 Å². The second-order valence-electron chi connectivity index (χ2n) is 6.32. The topological polar surface area (TPSA) is 0 Å². The standard InChI is InChI=1S/C21H25F3/c1-14(2)13-20(23)17(5)16(4)11-9-15(3)10-12-18-7-6-8-19(22)21(18)24/h6-8,10,12-13,15-16H,1,5,9,11H2,2-4H3/b12-10+,20-13+. The Morgan fingerprint density at radius 1 is 1.17 bits per heavy atom. The van der Waals surface area contributed by atoms with E-state index in [1.165, 1.54) is 18.2 Å². The van der Waals surface area contributed by atoms with Crippen molar-refractivity contribution in [3.05, 3.63) is 77.7 Å². The molecule has 0 aromatic heterocycles. The summed E-state index contributed by atoms with van der Waals surface area (Å²) in [6.07, 6.45) is 6.37. The van der Waals surface area contributed by atoms with Crippen molar-refractivity contribution in [1.82, 2.24) is 0 Å². The first-order valence-electron chi connectivity index (χ1n) is 8.06. The first-order valence-corrected chi connectivity index (χ1v) is 8.06. The number of halogens is 3. The van der Waals surface area contributed by atoms with Crippen LogP contribution in [0, 0.1) is 23.5 Å². The van der Waals surface area contributed by atoms with Crippen molar-refractivity contribution in [2.75, 3.05) is 0 Å². The molecule has 3 heteroatoms. The highest BCUT2D eigenvalue weighted by Crippen LogP contribution is 2.26. The van der Waals surface area contributed by atoms with Gasteiger partial charge in [0.25, 0.3) is 0 Å². The Morgan fingerprint density at radius 3 is 2.46 bits per heavy atom. The predicted octanol–water partition coefficient (Wildman–Crippen LogP) is 7.02. The summed E-state index contributed by atoms with van der Waals surface area (Å²) >= 11 is 0. The van der Waals surface area contributed by atoms with E-state index >= 15 is 0 Å². The highest BCUT2D eigenvalue weighted by Gasteiger charge is 2.12. The summed E-state index contributed by atoms with van der Waals surface area (Å²) in [5, 5.41) is 0. The molecular weight excluding hydrogens is 309 g/mol. The Hall–Kier alpha value is -2.03. The van der Waals surface area contributed by atoms with E-state index < -0.39 is 11.6 Å². The second-order valence-corrected chi connectivity index (χ2v) is 6.32. The van der Waals surface area contributed by atoms with E-state index in [4.69, 9.17) is 0 Å². The van der Waals surface area contributed by atoms with Crippen LogP contribution < -0.4 is 0 Å². The molecule has 1 aromatic carbocycles. The van der Waals surface area contributed by atoms with Crippen LogP contribution in [0.1, 0.15) is 39.2 Å². The SMILES string of the molecule is C=C(C)/C=C(/F)C(=C)C(C)CCC(C)/C=C/c1cccc(F)c1F. The van der Waals surface area contributed by atoms with Crippen molar-refractivity contribution in [2.45, 2.75) is 33.6 Å². The van der Waals surface area contributed by atoms with Crippen molar-refractivity contribution in [3.63, 3.8) is 0 Å². The van der Waals surface area contributed by atoms with Crippen molar-refractivity contribution < 1.29 is 13.2 Å². The molecule has 2 unspecified atom stereocenters. The molecule has 0 amide bonds. The molecule has 0 aliphatic rings. The molecule has 0 N–H and O–H groups in total. The van der Waals surface area contributed by atoms with E-state index in [2.05, 4.69) is 13.2 Å². The molecule has 0 aliphatic heterocycles. The first kappa shape index (κ1) is 20.0. The molecule has 1 rings (SSSR count). The van der Waals surface area contributed by atoms with Crippen molar-refractivity contribution >= 4 is 6.08 Å². The van der Waals surface area contributed by atoms with Crippen LogP contribution in [-0.2, 0) is 0 Å². The molecule has 0 fully saturated rings. The van der Waals surface area contributed by atoms with E-state index in [9.17, 15) is 13.2 Å². The normalized spacial score (nSPS) is 14.7. The van der Waals surface area contributed by atoms with E-state index in [0.717, 1.165) is 18.9 Å². The molecule has 1 aromatic rings. The van der Waals surface area contributed by atoms with Gasteiger partial charge < -0.3 is 0 Å². The molecule has 24 heavy (non-hydrogen) atoms. The van der Waals surface area contributed by atoms with Gasteiger partial charge in [0.1, 0.15) is 5.83 Å². The van der Waals surface area contributed by atoms with Gasteiger partial charge in [-0.15, -0.1) is 0 Å². The van der Waals surface area contributed by atoms with Gasteiger partial charge >= 0.3 is 0 Å². The van der Waals surface area contributed by atoms with Crippen LogP contribution in [-0.4, -0.2) is 0 Å². The number of rotatable bonds is 8. The summed E-state index contributed by atoms with van der Waals surface area (Å²) in [5.74, 6) is -1.86. The van der Waals surface area contributed by atoms with E-state index in [0.29, 0.717) is 11.1 Å². The summed E-state index contributed by atoms with van der Waals surface area (Å²) < 4.78 is 40.6. The molecule has 0 saturated carbocycles. The van der Waals surface area contributed by atoms with Crippen LogP contribution in [0.25, 0.3) is 6.08 Å². The largest absolute Gasteiger partial charge is 0.207 e. The highest BCUT2D eigenvalue weighted by atomic mass is 19.2. The van der Waals surface area contributed by atoms with Crippen molar-refractivity contribution in [3.8, 4) is 0 Å². The summed E-state index contributed by atoms with van der Waals surface area (Å²) in [6, 6.07) is 4.10. The Labute approximate surface area is 143 Å². The summed E-state index contributed by atoms with van der Waals surface area (Å²) in [6.45, 7) is 13.1. The van der Waals surface area contributed by atoms with Gasteiger partial charge in [0.15, 0.2) is 11.6 Å². The van der Waals surface area contributed by atoms with Crippen molar-refractivity contribution in [2.24, 2.45) is 11.8 Å². The zero-order chi connectivity index (χ0) is 18.3. The summed E-state index contributed by atoms with van der Waals surface area (Å²) in [4.78, 5) is 0. The zero-order valence-corrected chi connectivity index (χ0v) is 14.6. The first-order chi connectivity index (χ1) is 11.2. The minimum absolute atomic E-state index is 0.00218. The fraction of sp³-hybridized carbons (Fsp3) is 0.333. The van der Waals surface area contributed by atoms with E-state index in [1.54, 1.807) is 13.0 Å². The quantitative estimate of drug-likeness (QED) is 0.448. The van der Waals surface area contributed by atoms with Crippen LogP contribution in [0.5, 0.6) is 0 Å². The molecule has 0 spiro atoms. The highest BCUT2D eigenvalue weighted by molar-refractivity contribution is 5.50. The molecule has 2 atom stereocenters. The third kappa shape index (κ3) is 6.23. The third-order valence-corrected chi connectivity index (χ3v) is 3.92. The van der Waals surface area contributed by atoms with Gasteiger partial charge in [-0.1, -0.05) is 56.9 Å². The second kappa shape index (κ2) is 9.31. The maximum atomic E-state index is 13.9. The average Bonchev–Trinajstić information content (AvgIpc) is 2.52.